The number of likely N-dealkylation sites (tertiary alicyclic amines) is 1. The third kappa shape index (κ3) is 6.92. The van der Waals surface area contributed by atoms with Crippen LogP contribution in [0.5, 0.6) is 0 Å². The smallest absolute Gasteiger partial charge is 0.329 e. The number of amides is 2. The lowest BCUT2D eigenvalue weighted by atomic mass is 9.93. The van der Waals surface area contributed by atoms with Gasteiger partial charge in [-0.15, -0.1) is 0 Å². The van der Waals surface area contributed by atoms with E-state index in [4.69, 9.17) is 9.84 Å². The number of hydrogen-bond acceptors (Lipinski definition) is 5. The van der Waals surface area contributed by atoms with Crippen LogP contribution >= 0.6 is 0 Å². The van der Waals surface area contributed by atoms with Gasteiger partial charge in [-0.05, 0) is 58.0 Å². The fraction of sp³-hybridized carbons (Fsp3) is 0.833. The maximum Gasteiger partial charge on any atom is 0.329 e. The van der Waals surface area contributed by atoms with Crippen molar-refractivity contribution in [2.24, 2.45) is 5.92 Å². The summed E-state index contributed by atoms with van der Waals surface area (Å²) in [6, 6.07) is -0.535. The molecule has 0 aromatic carbocycles. The molecule has 0 spiro atoms. The predicted molar refractivity (Wildman–Crippen MR) is 95.6 cm³/mol. The Balaban J connectivity index is 1.65. The highest BCUT2D eigenvalue weighted by Crippen LogP contribution is 2.18. The second kappa shape index (κ2) is 10.5. The Kier molecular flexibility index (Phi) is 8.31. The summed E-state index contributed by atoms with van der Waals surface area (Å²) in [6.45, 7) is 4.51. The van der Waals surface area contributed by atoms with E-state index in [-0.39, 0.29) is 24.5 Å². The summed E-state index contributed by atoms with van der Waals surface area (Å²) in [4.78, 5) is 36.8. The summed E-state index contributed by atoms with van der Waals surface area (Å²) >= 11 is 0. The van der Waals surface area contributed by atoms with Gasteiger partial charge in [0, 0.05) is 19.5 Å². The summed E-state index contributed by atoms with van der Waals surface area (Å²) in [5.41, 5.74) is 0. The minimum Gasteiger partial charge on any atom is -0.480 e. The molecule has 2 amide bonds. The van der Waals surface area contributed by atoms with Crippen LogP contribution < -0.4 is 10.6 Å². The Morgan fingerprint density at radius 2 is 1.85 bits per heavy atom. The van der Waals surface area contributed by atoms with Crippen LogP contribution in [0.3, 0.4) is 0 Å². The van der Waals surface area contributed by atoms with E-state index in [1.54, 1.807) is 11.8 Å². The molecule has 8 heteroatoms. The van der Waals surface area contributed by atoms with Crippen molar-refractivity contribution in [3.63, 3.8) is 0 Å². The van der Waals surface area contributed by atoms with Crippen LogP contribution in [0.25, 0.3) is 0 Å². The molecule has 148 valence electrons. The molecule has 0 bridgehead atoms. The van der Waals surface area contributed by atoms with Gasteiger partial charge in [-0.2, -0.15) is 0 Å². The average Bonchev–Trinajstić information content (AvgIpc) is 2.65. The van der Waals surface area contributed by atoms with E-state index in [1.165, 1.54) is 0 Å². The first-order valence-corrected chi connectivity index (χ1v) is 9.58. The van der Waals surface area contributed by atoms with Crippen LogP contribution in [0.2, 0.25) is 0 Å². The van der Waals surface area contributed by atoms with Gasteiger partial charge in [0.1, 0.15) is 12.6 Å². The van der Waals surface area contributed by atoms with E-state index >= 15 is 0 Å². The molecule has 1 atom stereocenters. The minimum absolute atomic E-state index is 0.0657. The summed E-state index contributed by atoms with van der Waals surface area (Å²) in [5.74, 6) is -0.539. The zero-order chi connectivity index (χ0) is 18.9. The number of nitrogens with zero attached hydrogens (tertiary/aromatic N) is 1. The normalized spacial score (nSPS) is 20.6. The van der Waals surface area contributed by atoms with Crippen LogP contribution in [0, 0.1) is 5.92 Å². The first-order valence-electron chi connectivity index (χ1n) is 9.58. The van der Waals surface area contributed by atoms with Crippen molar-refractivity contribution in [2.75, 3.05) is 32.8 Å². The Morgan fingerprint density at radius 3 is 2.46 bits per heavy atom. The lowest BCUT2D eigenvalue weighted by Gasteiger charge is -2.33. The molecule has 2 fully saturated rings. The molecule has 0 aromatic heterocycles. The number of nitrogens with one attached hydrogen (secondary N) is 2. The number of rotatable bonds is 8. The van der Waals surface area contributed by atoms with Crippen molar-refractivity contribution in [3.05, 3.63) is 0 Å². The van der Waals surface area contributed by atoms with Gasteiger partial charge in [0.05, 0.1) is 6.10 Å². The van der Waals surface area contributed by atoms with Crippen molar-refractivity contribution in [1.82, 2.24) is 15.5 Å². The van der Waals surface area contributed by atoms with Crippen molar-refractivity contribution < 1.29 is 24.2 Å². The first kappa shape index (κ1) is 20.6. The second-order valence-electron chi connectivity index (χ2n) is 7.25. The van der Waals surface area contributed by atoms with Gasteiger partial charge in [0.2, 0.25) is 11.8 Å². The molecule has 0 aliphatic carbocycles. The molecule has 2 rings (SSSR count). The Bertz CT molecular complexity index is 485. The van der Waals surface area contributed by atoms with E-state index in [0.717, 1.165) is 32.4 Å². The van der Waals surface area contributed by atoms with E-state index in [2.05, 4.69) is 10.6 Å². The molecule has 2 saturated heterocycles. The van der Waals surface area contributed by atoms with Crippen LogP contribution in [0.4, 0.5) is 0 Å². The maximum absolute atomic E-state index is 12.5. The molecule has 8 nitrogen and oxygen atoms in total. The zero-order valence-corrected chi connectivity index (χ0v) is 15.5. The van der Waals surface area contributed by atoms with Crippen molar-refractivity contribution in [2.45, 2.75) is 57.6 Å². The Hall–Kier alpha value is -1.67. The third-order valence-corrected chi connectivity index (χ3v) is 5.18. The SMILES string of the molecule is C[C@H](NC(=O)CCC1CCNCC1)C(=O)N1CCC(OCC(=O)O)CC1. The molecule has 2 aliphatic heterocycles. The standard InChI is InChI=1S/C18H31N3O5/c1-13(20-16(22)3-2-14-4-8-19-9-5-14)18(25)21-10-6-15(7-11-21)26-12-17(23)24/h13-15,19H,2-12H2,1H3,(H,20,22)(H,23,24)/t13-/m0/s1. The molecule has 0 aromatic rings. The van der Waals surface area contributed by atoms with Gasteiger partial charge in [-0.3, -0.25) is 9.59 Å². The molecule has 0 unspecified atom stereocenters. The quantitative estimate of drug-likeness (QED) is 0.570. The van der Waals surface area contributed by atoms with E-state index in [1.807, 2.05) is 0 Å². The highest BCUT2D eigenvalue weighted by molar-refractivity contribution is 5.87. The second-order valence-corrected chi connectivity index (χ2v) is 7.25. The lowest BCUT2D eigenvalue weighted by Crippen LogP contribution is -2.50. The number of piperidine rings is 2. The van der Waals surface area contributed by atoms with Gasteiger partial charge in [-0.25, -0.2) is 4.79 Å². The number of carbonyl (C=O) groups is 3. The molecule has 0 radical (unpaired) electrons. The van der Waals surface area contributed by atoms with E-state index in [9.17, 15) is 14.4 Å². The molecular formula is C18H31N3O5. The number of ether oxygens (including phenoxy) is 1. The van der Waals surface area contributed by atoms with Crippen molar-refractivity contribution >= 4 is 17.8 Å². The highest BCUT2D eigenvalue weighted by atomic mass is 16.5. The summed E-state index contributed by atoms with van der Waals surface area (Å²) < 4.78 is 5.28. The third-order valence-electron chi connectivity index (χ3n) is 5.18. The fourth-order valence-corrected chi connectivity index (χ4v) is 3.59. The Morgan fingerprint density at radius 1 is 1.19 bits per heavy atom. The molecule has 26 heavy (non-hydrogen) atoms. The molecule has 2 heterocycles. The topological polar surface area (TPSA) is 108 Å². The molecule has 3 N–H and O–H groups in total. The molecule has 2 aliphatic rings. The van der Waals surface area contributed by atoms with Crippen LogP contribution in [-0.4, -0.2) is 72.7 Å². The van der Waals surface area contributed by atoms with E-state index in [0.29, 0.717) is 38.3 Å². The van der Waals surface area contributed by atoms with Gasteiger partial charge in [-0.1, -0.05) is 0 Å². The van der Waals surface area contributed by atoms with Crippen LogP contribution in [0.15, 0.2) is 0 Å². The predicted octanol–water partition coefficient (Wildman–Crippen LogP) is 0.363. The largest absolute Gasteiger partial charge is 0.480 e. The molecule has 0 saturated carbocycles. The molecular weight excluding hydrogens is 338 g/mol. The van der Waals surface area contributed by atoms with Crippen LogP contribution in [0.1, 0.15) is 45.4 Å². The number of carboxylic acid groups (broad SMARTS) is 1. The average molecular weight is 369 g/mol. The summed E-state index contributed by atoms with van der Waals surface area (Å²) in [6.07, 6.45) is 4.69. The van der Waals surface area contributed by atoms with Gasteiger partial charge in [0.25, 0.3) is 0 Å². The van der Waals surface area contributed by atoms with Crippen LogP contribution in [-0.2, 0) is 19.1 Å². The summed E-state index contributed by atoms with van der Waals surface area (Å²) in [5, 5.41) is 14.8. The minimum atomic E-state index is -0.982. The van der Waals surface area contributed by atoms with Crippen molar-refractivity contribution in [3.8, 4) is 0 Å². The zero-order valence-electron chi connectivity index (χ0n) is 15.5. The number of aliphatic carboxylic acids is 1. The highest BCUT2D eigenvalue weighted by Gasteiger charge is 2.27. The van der Waals surface area contributed by atoms with Gasteiger partial charge in [0.15, 0.2) is 0 Å². The maximum atomic E-state index is 12.5. The lowest BCUT2D eigenvalue weighted by molar-refractivity contribution is -0.147. The Labute approximate surface area is 154 Å². The monoisotopic (exact) mass is 369 g/mol. The van der Waals surface area contributed by atoms with Crippen molar-refractivity contribution in [1.29, 1.82) is 0 Å². The number of carbonyl (C=O) groups excluding carboxylic acids is 2. The number of hydrogen-bond donors (Lipinski definition) is 3. The fourth-order valence-electron chi connectivity index (χ4n) is 3.59. The van der Waals surface area contributed by atoms with Gasteiger partial charge < -0.3 is 25.4 Å². The van der Waals surface area contributed by atoms with E-state index < -0.39 is 12.0 Å². The number of carboxylic acids is 1. The van der Waals surface area contributed by atoms with Gasteiger partial charge >= 0.3 is 5.97 Å². The first-order chi connectivity index (χ1) is 12.5. The summed E-state index contributed by atoms with van der Waals surface area (Å²) in [7, 11) is 0.